The monoisotopic (exact) mass is 1140 g/mol. The highest BCUT2D eigenvalue weighted by Crippen LogP contribution is 2.55. The fraction of sp³-hybridized carbons (Fsp3) is 0.532. The number of hydrazone groups is 1. The number of halogens is 1. The Balaban J connectivity index is 0.979. The van der Waals surface area contributed by atoms with Crippen molar-refractivity contribution in [3.05, 3.63) is 98.0 Å². The zero-order valence-electron chi connectivity index (χ0n) is 48.6. The van der Waals surface area contributed by atoms with E-state index in [1.165, 1.54) is 70.0 Å². The number of aliphatic hydroxyl groups is 2. The van der Waals surface area contributed by atoms with Crippen LogP contribution in [0.4, 0.5) is 15.8 Å². The molecule has 1 amide bonds. The molecule has 4 aromatic rings. The van der Waals surface area contributed by atoms with Crippen LogP contribution in [0.15, 0.2) is 58.3 Å². The number of carbonyl (C=O) groups is 3. The number of aryl methyl sites for hydroxylation is 2. The maximum Gasteiger partial charge on any atom is 0.312 e. The number of carbonyl (C=O) groups excluding carboxylic acids is 3. The predicted octanol–water partition coefficient (Wildman–Crippen LogP) is 8.34. The molecule has 0 radical (unpaired) electrons. The second kappa shape index (κ2) is 23.7. The summed E-state index contributed by atoms with van der Waals surface area (Å²) in [7, 11) is 1.43. The lowest BCUT2D eigenvalue weighted by Gasteiger charge is -2.38. The van der Waals surface area contributed by atoms with Gasteiger partial charge in [0.05, 0.1) is 83.1 Å². The van der Waals surface area contributed by atoms with E-state index in [2.05, 4.69) is 10.2 Å². The number of aliphatic hydroxyl groups excluding tert-OH is 2. The average molecular weight is 1140 g/mol. The summed E-state index contributed by atoms with van der Waals surface area (Å²) in [6.45, 7) is 18.7. The average Bonchev–Trinajstić information content (AvgIpc) is 3.92. The zero-order valence-corrected chi connectivity index (χ0v) is 48.6. The molecule has 5 bridgehead atoms. The number of aromatic nitrogens is 1. The van der Waals surface area contributed by atoms with Crippen LogP contribution in [0.1, 0.15) is 125 Å². The van der Waals surface area contributed by atoms with Gasteiger partial charge in [-0.3, -0.25) is 28.6 Å². The van der Waals surface area contributed by atoms with Crippen LogP contribution in [0.5, 0.6) is 23.0 Å². The molecule has 1 saturated carbocycles. The summed E-state index contributed by atoms with van der Waals surface area (Å²) in [6.07, 6.45) is 10.00. The smallest absolute Gasteiger partial charge is 0.312 e. The molecule has 10 atom stereocenters. The number of piperidine rings is 1. The number of pyridine rings is 2. The van der Waals surface area contributed by atoms with Gasteiger partial charge in [0, 0.05) is 98.8 Å². The van der Waals surface area contributed by atoms with Crippen molar-refractivity contribution in [3.63, 3.8) is 0 Å². The molecule has 7 heterocycles. The van der Waals surface area contributed by atoms with Crippen LogP contribution in [0.3, 0.4) is 0 Å². The molecule has 2 aromatic heterocycles. The van der Waals surface area contributed by atoms with Crippen molar-refractivity contribution in [2.75, 3.05) is 50.1 Å². The summed E-state index contributed by atoms with van der Waals surface area (Å²) < 4.78 is 47.8. The number of hydrogen-bond acceptors (Lipinski definition) is 17. The van der Waals surface area contributed by atoms with Gasteiger partial charge >= 0.3 is 11.8 Å². The van der Waals surface area contributed by atoms with Gasteiger partial charge in [-0.15, -0.1) is 0 Å². The van der Waals surface area contributed by atoms with Gasteiger partial charge in [-0.25, -0.2) is 4.39 Å². The van der Waals surface area contributed by atoms with Gasteiger partial charge in [-0.1, -0.05) is 45.9 Å². The molecule has 6 N–H and O–H groups in total. The minimum Gasteiger partial charge on any atom is -0.507 e. The van der Waals surface area contributed by atoms with E-state index in [-0.39, 0.29) is 62.1 Å². The van der Waals surface area contributed by atoms with Crippen molar-refractivity contribution < 1.29 is 68.0 Å². The molecule has 6 aliphatic rings. The number of amides is 1. The van der Waals surface area contributed by atoms with E-state index >= 15 is 4.39 Å². The second-order valence-corrected chi connectivity index (χ2v) is 23.5. The van der Waals surface area contributed by atoms with Gasteiger partial charge in [0.15, 0.2) is 11.6 Å². The highest BCUT2D eigenvalue weighted by Gasteiger charge is 2.50. The van der Waals surface area contributed by atoms with Crippen LogP contribution in [0.2, 0.25) is 0 Å². The molecule has 5 aliphatic heterocycles. The quantitative estimate of drug-likeness (QED) is 0.0399. The Morgan fingerprint density at radius 3 is 2.28 bits per heavy atom. The minimum absolute atomic E-state index is 0.0265. The van der Waals surface area contributed by atoms with E-state index in [9.17, 15) is 44.7 Å². The first-order valence-corrected chi connectivity index (χ1v) is 28.5. The SMILES string of the molecule is CO[C@H]1/C=C/O[C@@]2(C)Oc3c(C)c(O)c4c(O)c(c(/C=N\N5CCC(OCC6CCN(c7c(F)cn8c(=O)c(C)cc(C9CC9)c8c7C)C6)CC5)c(O)c4c3C2=O)NC(=O)/C(C)=C\C=C\[C@H](C)[C@H](O)[C@@H](C)[C@@H](O)[C@@H](C)[C@H](OC(C)=O)[C@@H]1C. The van der Waals surface area contributed by atoms with Crippen molar-refractivity contribution in [1.29, 1.82) is 0 Å². The summed E-state index contributed by atoms with van der Waals surface area (Å²) in [5.41, 5.74) is 3.06. The third kappa shape index (κ3) is 11.3. The van der Waals surface area contributed by atoms with Crippen molar-refractivity contribution in [1.82, 2.24) is 9.41 Å². The molecule has 1 aliphatic carbocycles. The van der Waals surface area contributed by atoms with E-state index in [1.54, 1.807) is 51.8 Å². The molecular formula is C62H78FN5O14. The maximum absolute atomic E-state index is 15.9. The number of nitrogens with one attached hydrogen (secondary N) is 1. The molecule has 2 aromatic carbocycles. The summed E-state index contributed by atoms with van der Waals surface area (Å²) in [5.74, 6) is -8.67. The molecule has 20 heteroatoms. The first-order chi connectivity index (χ1) is 38.9. The summed E-state index contributed by atoms with van der Waals surface area (Å²) in [5, 5.41) is 68.1. The van der Waals surface area contributed by atoms with E-state index in [4.69, 9.17) is 28.8 Å². The predicted molar refractivity (Wildman–Crippen MR) is 307 cm³/mol. The first kappa shape index (κ1) is 59.6. The molecule has 3 fully saturated rings. The number of aromatic hydroxyl groups is 3. The standard InChI is InChI=1S/C62H78FN5O14/c1-30-13-12-14-31(2)60(76)65-49-43(26-64-67-22-18-41(19-23-67)79-29-39-17-21-66(27-39)51-34(5)50-42(40-15-16-40)25-32(3)61(77)68(50)28-44(51)63)55(73)46-47(56(49)74)54(72)37(8)58-48(46)59(75)62(10,82-58)80-24-20-45(78-11)33(4)57(81-38(9)69)36(7)53(71)35(6)52(30)70/h12-14,20,24-26,28,30,33,35-36,39-41,45,52-53,57,70-74H,15-19,21-23,27,29H2,1-11H3,(H,65,76)/b13-12+,24-20+,31-14-,64-26-/t30-,33+,35+,36+,39?,45-,52-,53+,57+,62-/m0/s1. The lowest BCUT2D eigenvalue weighted by Crippen LogP contribution is -2.46. The van der Waals surface area contributed by atoms with Gasteiger partial charge in [-0.2, -0.15) is 5.10 Å². The van der Waals surface area contributed by atoms with Crippen LogP contribution in [0, 0.1) is 56.2 Å². The fourth-order valence-corrected chi connectivity index (χ4v) is 12.5. The van der Waals surface area contributed by atoms with Crippen molar-refractivity contribution >= 4 is 51.5 Å². The first-order valence-electron chi connectivity index (χ1n) is 28.5. The molecule has 10 rings (SSSR count). The number of Topliss-reactive ketones (excluding diaryl/α,β-unsaturated/α-hetero) is 1. The fourth-order valence-electron chi connectivity index (χ4n) is 12.5. The summed E-state index contributed by atoms with van der Waals surface area (Å²) >= 11 is 0. The molecule has 0 spiro atoms. The topological polar surface area (TPSA) is 251 Å². The Bertz CT molecular complexity index is 3360. The summed E-state index contributed by atoms with van der Waals surface area (Å²) in [4.78, 5) is 56.5. The van der Waals surface area contributed by atoms with Crippen LogP contribution in [-0.2, 0) is 28.5 Å². The number of ether oxygens (including phenoxy) is 5. The highest BCUT2D eigenvalue weighted by atomic mass is 19.1. The van der Waals surface area contributed by atoms with E-state index < -0.39 is 94.6 Å². The Kier molecular flexibility index (Phi) is 17.2. The number of phenols is 3. The van der Waals surface area contributed by atoms with E-state index in [0.29, 0.717) is 62.8 Å². The highest BCUT2D eigenvalue weighted by molar-refractivity contribution is 6.24. The van der Waals surface area contributed by atoms with Crippen LogP contribution in [-0.4, -0.2) is 135 Å². The second-order valence-electron chi connectivity index (χ2n) is 23.5. The lowest BCUT2D eigenvalue weighted by atomic mass is 9.78. The Hall–Kier alpha value is -7.00. The van der Waals surface area contributed by atoms with Gasteiger partial charge < -0.3 is 59.4 Å². The molecule has 82 heavy (non-hydrogen) atoms. The van der Waals surface area contributed by atoms with Gasteiger partial charge in [-0.05, 0) is 89.0 Å². The number of esters is 1. The normalized spacial score (nSPS) is 29.3. The molecule has 442 valence electrons. The number of hydrogen-bond donors (Lipinski definition) is 6. The Morgan fingerprint density at radius 1 is 0.902 bits per heavy atom. The lowest BCUT2D eigenvalue weighted by molar-refractivity contribution is -0.160. The zero-order chi connectivity index (χ0) is 59.4. The van der Waals surface area contributed by atoms with Crippen molar-refractivity contribution in [3.8, 4) is 23.0 Å². The number of ketones is 1. The van der Waals surface area contributed by atoms with Crippen LogP contribution >= 0.6 is 0 Å². The number of fused-ring (bicyclic) bond motifs is 15. The largest absolute Gasteiger partial charge is 0.507 e. The van der Waals surface area contributed by atoms with Gasteiger partial charge in [0.1, 0.15) is 23.4 Å². The van der Waals surface area contributed by atoms with E-state index in [1.807, 2.05) is 13.0 Å². The number of methoxy groups -OCH3 is 1. The number of benzene rings is 2. The number of rotatable bonds is 9. The van der Waals surface area contributed by atoms with Crippen LogP contribution in [0.25, 0.3) is 16.3 Å². The maximum atomic E-state index is 15.9. The minimum atomic E-state index is -2.10. The number of allylic oxidation sites excluding steroid dienone is 2. The number of nitrogens with zero attached hydrogens (tertiary/aromatic N) is 4. The van der Waals surface area contributed by atoms with E-state index in [0.717, 1.165) is 35.9 Å². The molecular weight excluding hydrogens is 1060 g/mol. The van der Waals surface area contributed by atoms with Crippen LogP contribution < -0.4 is 20.5 Å². The molecule has 1 unspecified atom stereocenters. The number of anilines is 2. The van der Waals surface area contributed by atoms with Crippen molar-refractivity contribution in [2.24, 2.45) is 34.7 Å². The van der Waals surface area contributed by atoms with Gasteiger partial charge in [0.2, 0.25) is 0 Å². The Labute approximate surface area is 476 Å². The summed E-state index contributed by atoms with van der Waals surface area (Å²) in [6, 6.07) is 1.97. The third-order valence-electron chi connectivity index (χ3n) is 17.6. The Morgan fingerprint density at radius 2 is 1.61 bits per heavy atom. The molecule has 2 saturated heterocycles. The third-order valence-corrected chi connectivity index (χ3v) is 17.6. The molecule has 19 nitrogen and oxygen atoms in total. The number of phenolic OH excluding ortho intramolecular Hbond substituents is 3. The van der Waals surface area contributed by atoms with Gasteiger partial charge in [0.25, 0.3) is 17.2 Å². The van der Waals surface area contributed by atoms with Crippen molar-refractivity contribution in [2.45, 2.75) is 144 Å².